The summed E-state index contributed by atoms with van der Waals surface area (Å²) in [6.07, 6.45) is -4.18. The van der Waals surface area contributed by atoms with Gasteiger partial charge in [-0.1, -0.05) is 43.7 Å². The van der Waals surface area contributed by atoms with Crippen LogP contribution in [0.4, 0.5) is 13.2 Å². The molecule has 0 radical (unpaired) electrons. The van der Waals surface area contributed by atoms with Gasteiger partial charge in [0.2, 0.25) is 0 Å². The number of methoxy groups -OCH3 is 1. The molecule has 1 aromatic carbocycles. The summed E-state index contributed by atoms with van der Waals surface area (Å²) in [5.74, 6) is -1.46. The first-order valence-electron chi connectivity index (χ1n) is 8.31. The minimum Gasteiger partial charge on any atom is -0.457 e. The van der Waals surface area contributed by atoms with Crippen LogP contribution in [0.1, 0.15) is 38.7 Å². The molecule has 1 heterocycles. The lowest BCUT2D eigenvalue weighted by atomic mass is 9.92. The molecule has 0 bridgehead atoms. The number of benzene rings is 1. The first-order chi connectivity index (χ1) is 11.8. The lowest BCUT2D eigenvalue weighted by Crippen LogP contribution is -2.53. The largest absolute Gasteiger partial charge is 0.457 e. The number of rotatable bonds is 8. The second kappa shape index (κ2) is 7.74. The summed E-state index contributed by atoms with van der Waals surface area (Å²) in [6.45, 7) is 3.75. The lowest BCUT2D eigenvalue weighted by Gasteiger charge is -2.33. The molecule has 1 aliphatic heterocycles. The van der Waals surface area contributed by atoms with Crippen molar-refractivity contribution >= 4 is 5.97 Å². The Hall–Kier alpha value is -1.60. The van der Waals surface area contributed by atoms with Crippen molar-refractivity contribution < 1.29 is 32.2 Å². The number of hydrogen-bond donors (Lipinski definition) is 0. The van der Waals surface area contributed by atoms with Crippen molar-refractivity contribution in [2.24, 2.45) is 0 Å². The fourth-order valence-corrected chi connectivity index (χ4v) is 2.90. The standard InChI is InChI=1S/C18H23F3O4/c1-4-5-11-14(15-12(2)24-15)25-16(22)17(23-3,18(19,20)21)13-9-7-6-8-10-13/h6-10,12,14-15H,4-5,11H2,1-3H3/t12-,14?,15+,17+/m0/s1. The molecule has 0 N–H and O–H groups in total. The summed E-state index contributed by atoms with van der Waals surface area (Å²) in [6, 6.07) is 6.81. The van der Waals surface area contributed by atoms with Gasteiger partial charge in [-0.05, 0) is 19.8 Å². The monoisotopic (exact) mass is 360 g/mol. The maximum atomic E-state index is 13.9. The lowest BCUT2D eigenvalue weighted by molar-refractivity contribution is -0.278. The Kier molecular flexibility index (Phi) is 6.11. The van der Waals surface area contributed by atoms with Crippen LogP contribution >= 0.6 is 0 Å². The van der Waals surface area contributed by atoms with Crippen LogP contribution in [0.2, 0.25) is 0 Å². The molecule has 1 unspecified atom stereocenters. The Balaban J connectivity index is 2.32. The van der Waals surface area contributed by atoms with Crippen molar-refractivity contribution in [1.29, 1.82) is 0 Å². The Morgan fingerprint density at radius 1 is 1.28 bits per heavy atom. The van der Waals surface area contributed by atoms with E-state index < -0.39 is 23.9 Å². The second-order valence-corrected chi connectivity index (χ2v) is 6.14. The van der Waals surface area contributed by atoms with E-state index in [1.54, 1.807) is 13.0 Å². The van der Waals surface area contributed by atoms with Gasteiger partial charge in [-0.2, -0.15) is 13.2 Å². The maximum Gasteiger partial charge on any atom is 0.432 e. The zero-order valence-corrected chi connectivity index (χ0v) is 14.5. The van der Waals surface area contributed by atoms with E-state index in [4.69, 9.17) is 14.2 Å². The van der Waals surface area contributed by atoms with Gasteiger partial charge in [0.1, 0.15) is 12.2 Å². The molecule has 0 aliphatic carbocycles. The Bertz CT molecular complexity index is 575. The number of carbonyl (C=O) groups is 1. The molecular weight excluding hydrogens is 337 g/mol. The van der Waals surface area contributed by atoms with Crippen LogP contribution in [-0.4, -0.2) is 37.6 Å². The van der Waals surface area contributed by atoms with Crippen molar-refractivity contribution in [3.05, 3.63) is 35.9 Å². The van der Waals surface area contributed by atoms with Gasteiger partial charge in [-0.25, -0.2) is 4.79 Å². The highest BCUT2D eigenvalue weighted by atomic mass is 19.4. The summed E-state index contributed by atoms with van der Waals surface area (Å²) < 4.78 is 56.9. The molecule has 0 amide bonds. The van der Waals surface area contributed by atoms with Crippen LogP contribution in [-0.2, 0) is 24.6 Å². The second-order valence-electron chi connectivity index (χ2n) is 6.14. The molecule has 0 saturated carbocycles. The molecule has 0 aromatic heterocycles. The predicted molar refractivity (Wildman–Crippen MR) is 84.9 cm³/mol. The van der Waals surface area contributed by atoms with Crippen molar-refractivity contribution in [2.75, 3.05) is 7.11 Å². The molecule has 1 aliphatic rings. The number of esters is 1. The first-order valence-corrected chi connectivity index (χ1v) is 8.31. The van der Waals surface area contributed by atoms with E-state index in [0.29, 0.717) is 6.42 Å². The molecule has 4 atom stereocenters. The third-order valence-corrected chi connectivity index (χ3v) is 4.40. The molecule has 0 spiro atoms. The molecule has 1 aromatic rings. The van der Waals surface area contributed by atoms with Crippen molar-refractivity contribution in [3.8, 4) is 0 Å². The van der Waals surface area contributed by atoms with E-state index in [1.165, 1.54) is 24.3 Å². The van der Waals surface area contributed by atoms with E-state index in [9.17, 15) is 18.0 Å². The van der Waals surface area contributed by atoms with Gasteiger partial charge in [0.05, 0.1) is 6.10 Å². The summed E-state index contributed by atoms with van der Waals surface area (Å²) in [4.78, 5) is 12.6. The van der Waals surface area contributed by atoms with Crippen LogP contribution in [0.3, 0.4) is 0 Å². The molecule has 7 heteroatoms. The van der Waals surface area contributed by atoms with Gasteiger partial charge in [-0.15, -0.1) is 0 Å². The van der Waals surface area contributed by atoms with Gasteiger partial charge >= 0.3 is 12.1 Å². The summed E-state index contributed by atoms with van der Waals surface area (Å²) in [5.41, 5.74) is -3.47. The van der Waals surface area contributed by atoms with Crippen LogP contribution in [0.15, 0.2) is 30.3 Å². The Morgan fingerprint density at radius 2 is 1.88 bits per heavy atom. The zero-order valence-electron chi connectivity index (χ0n) is 14.5. The number of halogens is 3. The minimum atomic E-state index is -4.97. The molecule has 1 saturated heterocycles. The average molecular weight is 360 g/mol. The van der Waals surface area contributed by atoms with Crippen LogP contribution in [0.25, 0.3) is 0 Å². The summed E-state index contributed by atoms with van der Waals surface area (Å²) in [5, 5.41) is 0. The molecule has 2 rings (SSSR count). The maximum absolute atomic E-state index is 13.9. The van der Waals surface area contributed by atoms with E-state index >= 15 is 0 Å². The van der Waals surface area contributed by atoms with E-state index in [2.05, 4.69) is 0 Å². The highest BCUT2D eigenvalue weighted by Crippen LogP contribution is 2.44. The van der Waals surface area contributed by atoms with E-state index in [-0.39, 0.29) is 17.8 Å². The van der Waals surface area contributed by atoms with E-state index in [0.717, 1.165) is 20.0 Å². The average Bonchev–Trinajstić information content (AvgIpc) is 3.29. The fraction of sp³-hybridized carbons (Fsp3) is 0.611. The highest BCUT2D eigenvalue weighted by Gasteiger charge is 2.64. The number of epoxide rings is 1. The van der Waals surface area contributed by atoms with Gasteiger partial charge in [0.25, 0.3) is 5.60 Å². The molecular formula is C18H23F3O4. The third-order valence-electron chi connectivity index (χ3n) is 4.40. The number of alkyl halides is 3. The predicted octanol–water partition coefficient (Wildman–Crippen LogP) is 3.98. The summed E-state index contributed by atoms with van der Waals surface area (Å²) in [7, 11) is 0.860. The number of ether oxygens (including phenoxy) is 3. The number of carbonyl (C=O) groups excluding carboxylic acids is 1. The first kappa shape index (κ1) is 19.7. The zero-order chi connectivity index (χ0) is 18.7. The molecule has 4 nitrogen and oxygen atoms in total. The Labute approximate surface area is 145 Å². The highest BCUT2D eigenvalue weighted by molar-refractivity contribution is 5.83. The molecule has 25 heavy (non-hydrogen) atoms. The van der Waals surface area contributed by atoms with Crippen molar-refractivity contribution in [1.82, 2.24) is 0 Å². The normalized spacial score (nSPS) is 23.6. The Morgan fingerprint density at radius 3 is 2.32 bits per heavy atom. The van der Waals surface area contributed by atoms with E-state index in [1.807, 2.05) is 6.92 Å². The smallest absolute Gasteiger partial charge is 0.432 e. The van der Waals surface area contributed by atoms with Gasteiger partial charge < -0.3 is 14.2 Å². The van der Waals surface area contributed by atoms with Crippen LogP contribution < -0.4 is 0 Å². The van der Waals surface area contributed by atoms with Gasteiger partial charge in [-0.3, -0.25) is 0 Å². The van der Waals surface area contributed by atoms with Gasteiger partial charge in [0, 0.05) is 12.7 Å². The molecule has 140 valence electrons. The topological polar surface area (TPSA) is 48.1 Å². The van der Waals surface area contributed by atoms with Crippen molar-refractivity contribution in [2.45, 2.75) is 63.2 Å². The van der Waals surface area contributed by atoms with Crippen molar-refractivity contribution in [3.63, 3.8) is 0 Å². The fourth-order valence-electron chi connectivity index (χ4n) is 2.90. The minimum absolute atomic E-state index is 0.130. The van der Waals surface area contributed by atoms with Crippen LogP contribution in [0, 0.1) is 0 Å². The quantitative estimate of drug-likeness (QED) is 0.520. The number of hydrogen-bond acceptors (Lipinski definition) is 4. The van der Waals surface area contributed by atoms with Crippen LogP contribution in [0.5, 0.6) is 0 Å². The third kappa shape index (κ3) is 3.98. The molecule has 1 fully saturated rings. The summed E-state index contributed by atoms with van der Waals surface area (Å²) >= 11 is 0. The van der Waals surface area contributed by atoms with Gasteiger partial charge in [0.15, 0.2) is 0 Å². The number of unbranched alkanes of at least 4 members (excludes halogenated alkanes) is 1. The SMILES string of the molecule is CCCCC(OC(=O)[C@](OC)(c1ccccc1)C(F)(F)F)[C@@H]1O[C@H]1C.